The molecule has 2 aromatic rings. The molecule has 0 bridgehead atoms. The van der Waals surface area contributed by atoms with E-state index in [-0.39, 0.29) is 6.61 Å². The van der Waals surface area contributed by atoms with Crippen molar-refractivity contribution in [2.24, 2.45) is 0 Å². The molecule has 0 aliphatic heterocycles. The molecule has 1 N–H and O–H groups in total. The minimum atomic E-state index is -0.431. The van der Waals surface area contributed by atoms with Crippen LogP contribution in [0.15, 0.2) is 33.2 Å². The highest BCUT2D eigenvalue weighted by atomic mass is 79.9. The number of ether oxygens (including phenoxy) is 5. The molecule has 0 heterocycles. The van der Waals surface area contributed by atoms with Crippen LogP contribution < -0.4 is 18.9 Å². The lowest BCUT2D eigenvalue weighted by Gasteiger charge is -2.10. The molecule has 7 nitrogen and oxygen atoms in total. The minimum Gasteiger partial charge on any atom is -0.495 e. The predicted molar refractivity (Wildman–Crippen MR) is 112 cm³/mol. The predicted octanol–water partition coefficient (Wildman–Crippen LogP) is 4.21. The lowest BCUT2D eigenvalue weighted by molar-refractivity contribution is 0.0600. The maximum atomic E-state index is 11.3. The monoisotopic (exact) mass is 520 g/mol. The van der Waals surface area contributed by atoms with E-state index in [0.717, 1.165) is 10.0 Å². The smallest absolute Gasteiger partial charge is 0.338 e. The third kappa shape index (κ3) is 6.02. The van der Waals surface area contributed by atoms with Crippen molar-refractivity contribution in [1.82, 2.24) is 0 Å². The molecule has 0 saturated heterocycles. The van der Waals surface area contributed by atoms with Crippen LogP contribution in [0, 0.1) is 0 Å². The normalized spacial score (nSPS) is 9.71. The molecule has 0 aliphatic rings. The van der Waals surface area contributed by atoms with E-state index >= 15 is 0 Å². The average Bonchev–Trinajstić information content (AvgIpc) is 2.73. The van der Waals surface area contributed by atoms with E-state index in [1.807, 2.05) is 0 Å². The van der Waals surface area contributed by atoms with E-state index in [1.165, 1.54) is 21.3 Å². The summed E-state index contributed by atoms with van der Waals surface area (Å²) in [5, 5.41) is 8.94. The summed E-state index contributed by atoms with van der Waals surface area (Å²) < 4.78 is 26.4. The Morgan fingerprint density at radius 2 is 1.14 bits per heavy atom. The van der Waals surface area contributed by atoms with Gasteiger partial charge in [-0.3, -0.25) is 0 Å². The Bertz CT molecular complexity index is 759. The highest BCUT2D eigenvalue weighted by Crippen LogP contribution is 2.36. The fraction of sp³-hybridized carbons (Fsp3) is 0.316. The molecule has 0 fully saturated rings. The van der Waals surface area contributed by atoms with Crippen LogP contribution in [0.2, 0.25) is 0 Å². The number of halogens is 2. The van der Waals surface area contributed by atoms with Crippen LogP contribution in [0.5, 0.6) is 23.0 Å². The van der Waals surface area contributed by atoms with E-state index in [0.29, 0.717) is 33.0 Å². The van der Waals surface area contributed by atoms with Crippen molar-refractivity contribution >= 4 is 37.8 Å². The molecule has 0 amide bonds. The fourth-order valence-electron chi connectivity index (χ4n) is 2.12. The second-order valence-electron chi connectivity index (χ2n) is 5.16. The molecule has 0 unspecified atom stereocenters. The lowest BCUT2D eigenvalue weighted by Crippen LogP contribution is -2.02. The van der Waals surface area contributed by atoms with Crippen LogP contribution in [-0.4, -0.2) is 46.6 Å². The Hall–Kier alpha value is -1.97. The number of carbonyl (C=O) groups excluding carboxylic acids is 1. The molecule has 0 spiro atoms. The molecular formula is C19H22Br2O7. The zero-order valence-corrected chi connectivity index (χ0v) is 19.3. The summed E-state index contributed by atoms with van der Waals surface area (Å²) in [6.07, 6.45) is 0. The van der Waals surface area contributed by atoms with Crippen molar-refractivity contribution in [3.05, 3.63) is 44.3 Å². The van der Waals surface area contributed by atoms with Crippen molar-refractivity contribution in [2.75, 3.05) is 35.5 Å². The summed E-state index contributed by atoms with van der Waals surface area (Å²) in [6, 6.07) is 6.68. The standard InChI is InChI=1S/C10H11BrO4.C9H11BrO3/c1-13-7-4-6(10(12)15-3)5-8(14-2)9(7)11;1-12-7-3-6(5-11)4-8(13-2)9(7)10/h4-5H,1-3H3;3-4,11H,5H2,1-2H3. The van der Waals surface area contributed by atoms with Crippen molar-refractivity contribution in [2.45, 2.75) is 6.61 Å². The third-order valence-corrected chi connectivity index (χ3v) is 5.12. The number of esters is 1. The number of hydrogen-bond acceptors (Lipinski definition) is 7. The van der Waals surface area contributed by atoms with Gasteiger partial charge in [0.05, 0.1) is 47.7 Å². The maximum Gasteiger partial charge on any atom is 0.338 e. The topological polar surface area (TPSA) is 83.5 Å². The summed E-state index contributed by atoms with van der Waals surface area (Å²) in [5.41, 5.74) is 1.14. The number of aliphatic hydroxyl groups excluding tert-OH is 1. The third-order valence-electron chi connectivity index (χ3n) is 3.55. The van der Waals surface area contributed by atoms with Crippen LogP contribution in [-0.2, 0) is 11.3 Å². The molecule has 9 heteroatoms. The Morgan fingerprint density at radius 3 is 1.43 bits per heavy atom. The van der Waals surface area contributed by atoms with Gasteiger partial charge in [0.2, 0.25) is 0 Å². The maximum absolute atomic E-state index is 11.3. The van der Waals surface area contributed by atoms with E-state index < -0.39 is 5.97 Å². The first kappa shape index (κ1) is 24.1. The zero-order chi connectivity index (χ0) is 21.3. The van der Waals surface area contributed by atoms with Crippen LogP contribution >= 0.6 is 31.9 Å². The first-order valence-corrected chi connectivity index (χ1v) is 9.46. The first-order chi connectivity index (χ1) is 13.4. The molecule has 154 valence electrons. The summed E-state index contributed by atoms with van der Waals surface area (Å²) in [7, 11) is 7.49. The minimum absolute atomic E-state index is 0.0278. The van der Waals surface area contributed by atoms with Gasteiger partial charge in [-0.25, -0.2) is 4.79 Å². The Morgan fingerprint density at radius 1 is 0.786 bits per heavy atom. The Balaban J connectivity index is 0.000000283. The van der Waals surface area contributed by atoms with Gasteiger partial charge >= 0.3 is 5.97 Å². The van der Waals surface area contributed by atoms with E-state index in [9.17, 15) is 4.79 Å². The Kier molecular flexibility index (Phi) is 10.1. The highest BCUT2D eigenvalue weighted by Gasteiger charge is 2.14. The molecule has 28 heavy (non-hydrogen) atoms. The molecular weight excluding hydrogens is 500 g/mol. The summed E-state index contributed by atoms with van der Waals surface area (Å²) in [5.74, 6) is 1.93. The van der Waals surface area contributed by atoms with Gasteiger partial charge in [0.25, 0.3) is 0 Å². The Labute approximate surface area is 180 Å². The SMILES string of the molecule is COC(=O)c1cc(OC)c(Br)c(OC)c1.COc1cc(CO)cc(OC)c1Br. The van der Waals surface area contributed by atoms with Crippen LogP contribution in [0.25, 0.3) is 0 Å². The van der Waals surface area contributed by atoms with E-state index in [4.69, 9.17) is 24.1 Å². The van der Waals surface area contributed by atoms with Gasteiger partial charge in [0, 0.05) is 0 Å². The summed E-state index contributed by atoms with van der Waals surface area (Å²) in [4.78, 5) is 11.3. The van der Waals surface area contributed by atoms with Crippen LogP contribution in [0.3, 0.4) is 0 Å². The largest absolute Gasteiger partial charge is 0.495 e. The number of hydrogen-bond donors (Lipinski definition) is 1. The molecule has 0 radical (unpaired) electrons. The van der Waals surface area contributed by atoms with Crippen LogP contribution in [0.1, 0.15) is 15.9 Å². The molecule has 0 aliphatic carbocycles. The fourth-order valence-corrected chi connectivity index (χ4v) is 3.23. The molecule has 0 aromatic heterocycles. The van der Waals surface area contributed by atoms with Gasteiger partial charge in [0.15, 0.2) is 0 Å². The van der Waals surface area contributed by atoms with Crippen LogP contribution in [0.4, 0.5) is 0 Å². The number of benzene rings is 2. The first-order valence-electron chi connectivity index (χ1n) is 7.87. The van der Waals surface area contributed by atoms with Gasteiger partial charge in [0.1, 0.15) is 31.9 Å². The van der Waals surface area contributed by atoms with E-state index in [2.05, 4.69) is 36.6 Å². The van der Waals surface area contributed by atoms with Crippen molar-refractivity contribution < 1.29 is 33.6 Å². The summed E-state index contributed by atoms with van der Waals surface area (Å²) in [6.45, 7) is -0.0278. The van der Waals surface area contributed by atoms with Crippen molar-refractivity contribution in [3.8, 4) is 23.0 Å². The summed E-state index contributed by atoms with van der Waals surface area (Å²) >= 11 is 6.64. The lowest BCUT2D eigenvalue weighted by atomic mass is 10.2. The van der Waals surface area contributed by atoms with Gasteiger partial charge in [-0.15, -0.1) is 0 Å². The number of aliphatic hydroxyl groups is 1. The second kappa shape index (κ2) is 11.8. The molecule has 0 saturated carbocycles. The molecule has 2 rings (SSSR count). The van der Waals surface area contributed by atoms with Gasteiger partial charge in [-0.2, -0.15) is 0 Å². The highest BCUT2D eigenvalue weighted by molar-refractivity contribution is 9.11. The second-order valence-corrected chi connectivity index (χ2v) is 6.74. The number of methoxy groups -OCH3 is 5. The van der Waals surface area contributed by atoms with Gasteiger partial charge in [-0.05, 0) is 61.7 Å². The van der Waals surface area contributed by atoms with Gasteiger partial charge < -0.3 is 28.8 Å². The van der Waals surface area contributed by atoms with E-state index in [1.54, 1.807) is 38.5 Å². The average molecular weight is 522 g/mol. The molecule has 0 atom stereocenters. The zero-order valence-electron chi connectivity index (χ0n) is 16.2. The quantitative estimate of drug-likeness (QED) is 0.570. The van der Waals surface area contributed by atoms with Crippen molar-refractivity contribution in [1.29, 1.82) is 0 Å². The molecule has 2 aromatic carbocycles. The van der Waals surface area contributed by atoms with Crippen molar-refractivity contribution in [3.63, 3.8) is 0 Å². The van der Waals surface area contributed by atoms with Gasteiger partial charge in [-0.1, -0.05) is 0 Å². The number of rotatable bonds is 6. The number of carbonyl (C=O) groups is 1.